The van der Waals surface area contributed by atoms with Crippen LogP contribution >= 0.6 is 0 Å². The molecule has 0 unspecified atom stereocenters. The average molecular weight is 265 g/mol. The van der Waals surface area contributed by atoms with Crippen LogP contribution in [0, 0.1) is 5.41 Å². The molecule has 0 heterocycles. The molecule has 0 saturated heterocycles. The second kappa shape index (κ2) is 7.14. The van der Waals surface area contributed by atoms with Crippen LogP contribution in [-0.4, -0.2) is 31.3 Å². The van der Waals surface area contributed by atoms with E-state index in [4.69, 9.17) is 4.74 Å². The van der Waals surface area contributed by atoms with Crippen molar-refractivity contribution in [3.8, 4) is 0 Å². The molecule has 1 rings (SSSR count). The molecule has 106 valence electrons. The molecule has 0 atom stereocenters. The molecule has 0 fully saturated rings. The molecule has 0 radical (unpaired) electrons. The number of rotatable bonds is 7. The van der Waals surface area contributed by atoms with E-state index in [1.165, 1.54) is 7.11 Å². The third kappa shape index (κ3) is 3.96. The Hall–Kier alpha value is -1.55. The summed E-state index contributed by atoms with van der Waals surface area (Å²) < 4.78 is 4.69. The normalized spacial score (nSPS) is 11.2. The van der Waals surface area contributed by atoms with Crippen molar-refractivity contribution in [3.05, 3.63) is 29.8 Å². The highest BCUT2D eigenvalue weighted by Gasteiger charge is 2.24. The van der Waals surface area contributed by atoms with Gasteiger partial charge in [-0.25, -0.2) is 4.79 Å². The minimum Gasteiger partial charge on any atom is -0.465 e. The quantitative estimate of drug-likeness (QED) is 0.744. The van der Waals surface area contributed by atoms with Crippen molar-refractivity contribution in [1.82, 2.24) is 0 Å². The van der Waals surface area contributed by atoms with E-state index in [1.807, 2.05) is 12.1 Å². The molecular formula is C15H23NO3. The summed E-state index contributed by atoms with van der Waals surface area (Å²) in [4.78, 5) is 11.4. The fraction of sp³-hybridized carbons (Fsp3) is 0.533. The largest absolute Gasteiger partial charge is 0.465 e. The van der Waals surface area contributed by atoms with Crippen molar-refractivity contribution in [2.24, 2.45) is 5.41 Å². The predicted octanol–water partition coefficient (Wildman–Crippen LogP) is 2.68. The number of nitrogens with one attached hydrogen (secondary N) is 1. The van der Waals surface area contributed by atoms with Crippen LogP contribution in [0.3, 0.4) is 0 Å². The van der Waals surface area contributed by atoms with Gasteiger partial charge < -0.3 is 15.2 Å². The summed E-state index contributed by atoms with van der Waals surface area (Å²) in [7, 11) is 1.37. The summed E-state index contributed by atoms with van der Waals surface area (Å²) >= 11 is 0. The first-order valence-corrected chi connectivity index (χ1v) is 6.64. The molecule has 0 aliphatic carbocycles. The molecule has 4 nitrogen and oxygen atoms in total. The summed E-state index contributed by atoms with van der Waals surface area (Å²) in [6.07, 6.45) is 1.81. The van der Waals surface area contributed by atoms with E-state index in [9.17, 15) is 9.90 Å². The Balaban J connectivity index is 2.75. The van der Waals surface area contributed by atoms with Crippen molar-refractivity contribution < 1.29 is 14.6 Å². The van der Waals surface area contributed by atoms with E-state index in [1.54, 1.807) is 12.1 Å². The lowest BCUT2D eigenvalue weighted by Gasteiger charge is -2.30. The van der Waals surface area contributed by atoms with E-state index < -0.39 is 0 Å². The van der Waals surface area contributed by atoms with Gasteiger partial charge in [0, 0.05) is 17.6 Å². The number of aliphatic hydroxyl groups excluding tert-OH is 1. The predicted molar refractivity (Wildman–Crippen MR) is 76.4 cm³/mol. The van der Waals surface area contributed by atoms with Crippen molar-refractivity contribution in [2.45, 2.75) is 26.7 Å². The van der Waals surface area contributed by atoms with Gasteiger partial charge in [0.15, 0.2) is 0 Å². The van der Waals surface area contributed by atoms with Crippen LogP contribution in [0.1, 0.15) is 37.0 Å². The average Bonchev–Trinajstić information content (AvgIpc) is 2.48. The molecule has 0 aliphatic heterocycles. The van der Waals surface area contributed by atoms with Gasteiger partial charge >= 0.3 is 5.97 Å². The lowest BCUT2D eigenvalue weighted by molar-refractivity contribution is 0.0601. The van der Waals surface area contributed by atoms with Gasteiger partial charge in [0.1, 0.15) is 0 Å². The van der Waals surface area contributed by atoms with Crippen LogP contribution in [0.2, 0.25) is 0 Å². The molecule has 0 spiro atoms. The highest BCUT2D eigenvalue weighted by molar-refractivity contribution is 5.90. The number of anilines is 1. The zero-order valence-corrected chi connectivity index (χ0v) is 11.9. The van der Waals surface area contributed by atoms with Crippen LogP contribution in [-0.2, 0) is 4.74 Å². The van der Waals surface area contributed by atoms with Gasteiger partial charge in [0.2, 0.25) is 0 Å². The Labute approximate surface area is 114 Å². The number of methoxy groups -OCH3 is 1. The van der Waals surface area contributed by atoms with Crippen LogP contribution in [0.4, 0.5) is 5.69 Å². The smallest absolute Gasteiger partial charge is 0.337 e. The minimum atomic E-state index is -0.344. The molecule has 2 N–H and O–H groups in total. The lowest BCUT2D eigenvalue weighted by atomic mass is 9.83. The standard InChI is InChI=1S/C15H23NO3/c1-4-15(5-2,11-17)10-16-13-8-6-7-12(9-13)14(18)19-3/h6-9,16-17H,4-5,10-11H2,1-3H3. The number of carbonyl (C=O) groups is 1. The molecular weight excluding hydrogens is 242 g/mol. The first-order chi connectivity index (χ1) is 9.10. The molecule has 0 aliphatic rings. The maximum absolute atomic E-state index is 11.4. The number of benzene rings is 1. The number of carbonyl (C=O) groups excluding carboxylic acids is 1. The van der Waals surface area contributed by atoms with Crippen molar-refractivity contribution >= 4 is 11.7 Å². The zero-order chi connectivity index (χ0) is 14.3. The number of aliphatic hydroxyl groups is 1. The third-order valence-corrected chi connectivity index (χ3v) is 3.79. The number of esters is 1. The highest BCUT2D eigenvalue weighted by Crippen LogP contribution is 2.26. The fourth-order valence-electron chi connectivity index (χ4n) is 1.94. The first-order valence-electron chi connectivity index (χ1n) is 6.64. The second-order valence-electron chi connectivity index (χ2n) is 4.79. The van der Waals surface area contributed by atoms with E-state index in [2.05, 4.69) is 19.2 Å². The van der Waals surface area contributed by atoms with Crippen molar-refractivity contribution in [2.75, 3.05) is 25.6 Å². The summed E-state index contributed by atoms with van der Waals surface area (Å²) in [6, 6.07) is 7.20. The van der Waals surface area contributed by atoms with Gasteiger partial charge in [-0.2, -0.15) is 0 Å². The Bertz CT molecular complexity index is 405. The number of ether oxygens (including phenoxy) is 1. The van der Waals surface area contributed by atoms with Crippen LogP contribution < -0.4 is 5.32 Å². The minimum absolute atomic E-state index is 0.110. The number of hydrogen-bond acceptors (Lipinski definition) is 4. The maximum Gasteiger partial charge on any atom is 0.337 e. The van der Waals surface area contributed by atoms with Gasteiger partial charge in [-0.1, -0.05) is 19.9 Å². The van der Waals surface area contributed by atoms with E-state index in [0.29, 0.717) is 12.1 Å². The molecule has 19 heavy (non-hydrogen) atoms. The monoisotopic (exact) mass is 265 g/mol. The number of hydrogen-bond donors (Lipinski definition) is 2. The Morgan fingerprint density at radius 1 is 1.37 bits per heavy atom. The third-order valence-electron chi connectivity index (χ3n) is 3.79. The second-order valence-corrected chi connectivity index (χ2v) is 4.79. The summed E-state index contributed by atoms with van der Waals surface area (Å²) in [5.41, 5.74) is 1.28. The van der Waals surface area contributed by atoms with Crippen molar-refractivity contribution in [3.63, 3.8) is 0 Å². The SMILES string of the molecule is CCC(CC)(CO)CNc1cccc(C(=O)OC)c1. The topological polar surface area (TPSA) is 58.6 Å². The van der Waals surface area contributed by atoms with E-state index >= 15 is 0 Å². The van der Waals surface area contributed by atoms with Crippen LogP contribution in [0.5, 0.6) is 0 Å². The van der Waals surface area contributed by atoms with E-state index in [-0.39, 0.29) is 18.0 Å². The van der Waals surface area contributed by atoms with Gasteiger partial charge in [0.05, 0.1) is 19.3 Å². The Morgan fingerprint density at radius 2 is 2.05 bits per heavy atom. The molecule has 4 heteroatoms. The Morgan fingerprint density at radius 3 is 2.58 bits per heavy atom. The summed E-state index contributed by atoms with van der Waals surface area (Å²) in [6.45, 7) is 4.99. The summed E-state index contributed by atoms with van der Waals surface area (Å²) in [5.74, 6) is -0.344. The van der Waals surface area contributed by atoms with Gasteiger partial charge in [-0.15, -0.1) is 0 Å². The van der Waals surface area contributed by atoms with Crippen LogP contribution in [0.25, 0.3) is 0 Å². The maximum atomic E-state index is 11.4. The molecule has 0 saturated carbocycles. The fourth-order valence-corrected chi connectivity index (χ4v) is 1.94. The van der Waals surface area contributed by atoms with Gasteiger partial charge in [-0.05, 0) is 31.0 Å². The zero-order valence-electron chi connectivity index (χ0n) is 11.9. The summed E-state index contributed by atoms with van der Waals surface area (Å²) in [5, 5.41) is 12.8. The van der Waals surface area contributed by atoms with Crippen LogP contribution in [0.15, 0.2) is 24.3 Å². The van der Waals surface area contributed by atoms with Crippen molar-refractivity contribution in [1.29, 1.82) is 0 Å². The Kier molecular flexibility index (Phi) is 5.83. The molecule has 1 aromatic carbocycles. The highest BCUT2D eigenvalue weighted by atomic mass is 16.5. The lowest BCUT2D eigenvalue weighted by Crippen LogP contribution is -2.32. The van der Waals surface area contributed by atoms with Gasteiger partial charge in [-0.3, -0.25) is 0 Å². The van der Waals surface area contributed by atoms with Gasteiger partial charge in [0.25, 0.3) is 0 Å². The van der Waals surface area contributed by atoms with E-state index in [0.717, 1.165) is 18.5 Å². The first kappa shape index (κ1) is 15.5. The molecule has 0 amide bonds. The molecule has 0 bridgehead atoms. The molecule has 0 aromatic heterocycles. The molecule has 1 aromatic rings.